The average molecular weight is 298 g/mol. The van der Waals surface area contributed by atoms with Crippen molar-refractivity contribution in [2.24, 2.45) is 0 Å². The molecule has 0 aromatic carbocycles. The molecule has 2 heterocycles. The number of rotatable bonds is 3. The fourth-order valence-electron chi connectivity index (χ4n) is 1.72. The van der Waals surface area contributed by atoms with E-state index in [-0.39, 0.29) is 30.6 Å². The van der Waals surface area contributed by atoms with Crippen LogP contribution in [-0.4, -0.2) is 52.5 Å². The van der Waals surface area contributed by atoms with Crippen molar-refractivity contribution in [2.75, 3.05) is 19.6 Å². The van der Waals surface area contributed by atoms with Crippen molar-refractivity contribution < 1.29 is 19.5 Å². The van der Waals surface area contributed by atoms with Crippen molar-refractivity contribution in [2.45, 2.75) is 13.0 Å². The van der Waals surface area contributed by atoms with Gasteiger partial charge in [-0.3, -0.25) is 4.79 Å². The van der Waals surface area contributed by atoms with Gasteiger partial charge in [0.25, 0.3) is 0 Å². The van der Waals surface area contributed by atoms with Crippen LogP contribution in [0.15, 0.2) is 5.38 Å². The highest BCUT2D eigenvalue weighted by Crippen LogP contribution is 2.09. The van der Waals surface area contributed by atoms with E-state index >= 15 is 0 Å². The van der Waals surface area contributed by atoms with Gasteiger partial charge >= 0.3 is 12.0 Å². The Morgan fingerprint density at radius 2 is 2.30 bits per heavy atom. The standard InChI is InChI=1S/C11H14N4O4S/c16-8-1-3-15(4-2-12-8)11(19)13-5-9-14-7(6-20-9)10(17)18/h6H,1-5H2,(H,12,16)(H,13,19)(H,17,18). The Hall–Kier alpha value is -2.16. The number of aromatic nitrogens is 1. The van der Waals surface area contributed by atoms with Crippen molar-refractivity contribution in [1.82, 2.24) is 20.5 Å². The van der Waals surface area contributed by atoms with Crippen molar-refractivity contribution in [3.63, 3.8) is 0 Å². The van der Waals surface area contributed by atoms with Gasteiger partial charge in [-0.25, -0.2) is 14.6 Å². The van der Waals surface area contributed by atoms with Crippen LogP contribution >= 0.6 is 11.3 Å². The fourth-order valence-corrected chi connectivity index (χ4v) is 2.43. The average Bonchev–Trinajstić information content (AvgIpc) is 2.79. The van der Waals surface area contributed by atoms with E-state index in [2.05, 4.69) is 15.6 Å². The zero-order valence-corrected chi connectivity index (χ0v) is 11.4. The van der Waals surface area contributed by atoms with Crippen LogP contribution in [0.1, 0.15) is 21.9 Å². The summed E-state index contributed by atoms with van der Waals surface area (Å²) in [6.07, 6.45) is 0.286. The number of hydrogen-bond acceptors (Lipinski definition) is 5. The minimum Gasteiger partial charge on any atom is -0.476 e. The molecule has 3 N–H and O–H groups in total. The lowest BCUT2D eigenvalue weighted by molar-refractivity contribution is -0.120. The van der Waals surface area contributed by atoms with E-state index < -0.39 is 5.97 Å². The first-order valence-corrected chi connectivity index (χ1v) is 6.91. The molecule has 0 saturated carbocycles. The minimum atomic E-state index is -1.09. The van der Waals surface area contributed by atoms with E-state index in [0.29, 0.717) is 24.6 Å². The summed E-state index contributed by atoms with van der Waals surface area (Å²) in [6.45, 7) is 1.44. The molecule has 108 valence electrons. The van der Waals surface area contributed by atoms with Crippen LogP contribution in [0.4, 0.5) is 4.79 Å². The molecular weight excluding hydrogens is 284 g/mol. The van der Waals surface area contributed by atoms with Crippen LogP contribution in [0, 0.1) is 0 Å². The second-order valence-electron chi connectivity index (χ2n) is 4.18. The Kier molecular flexibility index (Phi) is 4.51. The number of aromatic carboxylic acids is 1. The number of carbonyl (C=O) groups is 3. The predicted octanol–water partition coefficient (Wildman–Crippen LogP) is -0.127. The summed E-state index contributed by atoms with van der Waals surface area (Å²) in [5, 5.41) is 16.1. The van der Waals surface area contributed by atoms with Crippen molar-refractivity contribution in [1.29, 1.82) is 0 Å². The number of thiazole rings is 1. The topological polar surface area (TPSA) is 112 Å². The largest absolute Gasteiger partial charge is 0.476 e. The maximum Gasteiger partial charge on any atom is 0.355 e. The summed E-state index contributed by atoms with van der Waals surface area (Å²) in [7, 11) is 0. The maximum absolute atomic E-state index is 11.9. The first kappa shape index (κ1) is 14.3. The molecule has 9 heteroatoms. The number of hydrogen-bond donors (Lipinski definition) is 3. The molecule has 0 bridgehead atoms. The molecular formula is C11H14N4O4S. The molecule has 1 fully saturated rings. The zero-order chi connectivity index (χ0) is 14.5. The van der Waals surface area contributed by atoms with Gasteiger partial charge in [0.15, 0.2) is 5.69 Å². The second kappa shape index (κ2) is 6.33. The molecule has 3 amide bonds. The Morgan fingerprint density at radius 1 is 1.50 bits per heavy atom. The smallest absolute Gasteiger partial charge is 0.355 e. The van der Waals surface area contributed by atoms with Gasteiger partial charge in [-0.15, -0.1) is 11.3 Å². The van der Waals surface area contributed by atoms with Crippen LogP contribution in [-0.2, 0) is 11.3 Å². The van der Waals surface area contributed by atoms with Crippen LogP contribution < -0.4 is 10.6 Å². The van der Waals surface area contributed by atoms with E-state index in [1.807, 2.05) is 0 Å². The quantitative estimate of drug-likeness (QED) is 0.720. The molecule has 0 atom stereocenters. The van der Waals surface area contributed by atoms with Crippen LogP contribution in [0.3, 0.4) is 0 Å². The number of carbonyl (C=O) groups excluding carboxylic acids is 2. The number of carboxylic acid groups (broad SMARTS) is 1. The Balaban J connectivity index is 1.84. The number of urea groups is 1. The highest BCUT2D eigenvalue weighted by atomic mass is 32.1. The summed E-state index contributed by atoms with van der Waals surface area (Å²) < 4.78 is 0. The van der Waals surface area contributed by atoms with Crippen molar-refractivity contribution in [3.05, 3.63) is 16.1 Å². The van der Waals surface area contributed by atoms with Gasteiger partial charge in [0.2, 0.25) is 5.91 Å². The Bertz CT molecular complexity index is 530. The van der Waals surface area contributed by atoms with Crippen LogP contribution in [0.25, 0.3) is 0 Å². The zero-order valence-electron chi connectivity index (χ0n) is 10.6. The third-order valence-electron chi connectivity index (χ3n) is 2.76. The van der Waals surface area contributed by atoms with Gasteiger partial charge in [0, 0.05) is 31.4 Å². The molecule has 0 spiro atoms. The lowest BCUT2D eigenvalue weighted by Crippen LogP contribution is -2.41. The summed E-state index contributed by atoms with van der Waals surface area (Å²) in [6, 6.07) is -0.284. The van der Waals surface area contributed by atoms with Gasteiger partial charge in [-0.05, 0) is 0 Å². The second-order valence-corrected chi connectivity index (χ2v) is 5.12. The van der Waals surface area contributed by atoms with E-state index in [4.69, 9.17) is 5.11 Å². The predicted molar refractivity (Wildman–Crippen MR) is 70.5 cm³/mol. The van der Waals surface area contributed by atoms with Crippen LogP contribution in [0.2, 0.25) is 0 Å². The van der Waals surface area contributed by atoms with E-state index in [0.717, 1.165) is 0 Å². The summed E-state index contributed by atoms with van der Waals surface area (Å²) >= 11 is 1.18. The molecule has 20 heavy (non-hydrogen) atoms. The molecule has 2 rings (SSSR count). The summed E-state index contributed by atoms with van der Waals surface area (Å²) in [5.74, 6) is -1.15. The van der Waals surface area contributed by atoms with Crippen molar-refractivity contribution >= 4 is 29.2 Å². The normalized spacial score (nSPS) is 15.4. The van der Waals surface area contributed by atoms with Crippen LogP contribution in [0.5, 0.6) is 0 Å². The molecule has 0 aliphatic carbocycles. The molecule has 1 saturated heterocycles. The van der Waals surface area contributed by atoms with Gasteiger partial charge in [0.1, 0.15) is 5.01 Å². The lowest BCUT2D eigenvalue weighted by Gasteiger charge is -2.19. The molecule has 1 aliphatic rings. The first-order valence-electron chi connectivity index (χ1n) is 6.03. The molecule has 1 aliphatic heterocycles. The van der Waals surface area contributed by atoms with E-state index in [9.17, 15) is 14.4 Å². The summed E-state index contributed by atoms with van der Waals surface area (Å²) in [4.78, 5) is 39.2. The SMILES string of the molecule is O=C1CCN(C(=O)NCc2nc(C(=O)O)cs2)CCN1. The molecule has 1 aromatic heterocycles. The first-order chi connectivity index (χ1) is 9.56. The highest BCUT2D eigenvalue weighted by Gasteiger charge is 2.18. The Morgan fingerprint density at radius 3 is 3.00 bits per heavy atom. The van der Waals surface area contributed by atoms with E-state index in [1.54, 1.807) is 4.90 Å². The van der Waals surface area contributed by atoms with Gasteiger partial charge < -0.3 is 20.6 Å². The molecule has 0 radical (unpaired) electrons. The minimum absolute atomic E-state index is 0.0242. The van der Waals surface area contributed by atoms with E-state index in [1.165, 1.54) is 16.7 Å². The Labute approximate surface area is 118 Å². The summed E-state index contributed by atoms with van der Waals surface area (Å²) in [5.41, 5.74) is -0.0242. The van der Waals surface area contributed by atoms with Gasteiger partial charge in [-0.2, -0.15) is 0 Å². The number of carboxylic acids is 1. The maximum atomic E-state index is 11.9. The molecule has 0 unspecified atom stereocenters. The van der Waals surface area contributed by atoms with Gasteiger partial charge in [0.05, 0.1) is 6.54 Å². The van der Waals surface area contributed by atoms with Gasteiger partial charge in [-0.1, -0.05) is 0 Å². The molecule has 1 aromatic rings. The third-order valence-corrected chi connectivity index (χ3v) is 3.61. The molecule has 8 nitrogen and oxygen atoms in total. The fraction of sp³-hybridized carbons (Fsp3) is 0.455. The third kappa shape index (κ3) is 3.67. The van der Waals surface area contributed by atoms with Crippen molar-refractivity contribution in [3.8, 4) is 0 Å². The lowest BCUT2D eigenvalue weighted by atomic mass is 10.4. The number of amides is 3. The number of nitrogens with one attached hydrogen (secondary N) is 2. The number of nitrogens with zero attached hydrogens (tertiary/aromatic N) is 2. The monoisotopic (exact) mass is 298 g/mol. The highest BCUT2D eigenvalue weighted by molar-refractivity contribution is 7.09.